The van der Waals surface area contributed by atoms with Gasteiger partial charge in [-0.2, -0.15) is 0 Å². The van der Waals surface area contributed by atoms with E-state index in [0.29, 0.717) is 37.6 Å². The van der Waals surface area contributed by atoms with Crippen LogP contribution < -0.4 is 26.0 Å². The number of aliphatic hydroxyl groups is 1. The van der Waals surface area contributed by atoms with Crippen LogP contribution in [-0.2, 0) is 0 Å². The third-order valence-corrected chi connectivity index (χ3v) is 4.25. The van der Waals surface area contributed by atoms with Gasteiger partial charge in [0.25, 0.3) is 10.9 Å². The van der Waals surface area contributed by atoms with E-state index in [1.807, 2.05) is 4.90 Å². The highest BCUT2D eigenvalue weighted by atomic mass is 19.1. The van der Waals surface area contributed by atoms with Crippen molar-refractivity contribution >= 4 is 17.1 Å². The summed E-state index contributed by atoms with van der Waals surface area (Å²) in [6.45, 7) is 4.41. The van der Waals surface area contributed by atoms with Crippen molar-refractivity contribution in [3.8, 4) is 0 Å². The molecule has 0 aliphatic carbocycles. The number of hydrogen-bond donors (Lipinski definition) is 2. The van der Waals surface area contributed by atoms with Crippen molar-refractivity contribution in [3.05, 3.63) is 50.5 Å². The zero-order valence-corrected chi connectivity index (χ0v) is 13.5. The molecule has 24 heavy (non-hydrogen) atoms. The van der Waals surface area contributed by atoms with E-state index in [-0.39, 0.29) is 12.4 Å². The maximum absolute atomic E-state index is 13.0. The third-order valence-electron chi connectivity index (χ3n) is 4.25. The van der Waals surface area contributed by atoms with Crippen molar-refractivity contribution in [3.63, 3.8) is 0 Å². The fourth-order valence-corrected chi connectivity index (χ4v) is 2.94. The highest BCUT2D eigenvalue weighted by Crippen LogP contribution is 2.23. The summed E-state index contributed by atoms with van der Waals surface area (Å²) in [5.74, 6) is -0.269. The predicted molar refractivity (Wildman–Crippen MR) is 92.4 cm³/mol. The van der Waals surface area contributed by atoms with E-state index in [1.165, 1.54) is 12.1 Å². The van der Waals surface area contributed by atoms with Crippen molar-refractivity contribution in [1.82, 2.24) is 0 Å². The van der Waals surface area contributed by atoms with E-state index in [9.17, 15) is 19.1 Å². The minimum Gasteiger partial charge on any atom is -0.392 e. The van der Waals surface area contributed by atoms with Gasteiger partial charge < -0.3 is 20.2 Å². The Morgan fingerprint density at radius 3 is 2.25 bits per heavy atom. The average molecular weight is 333 g/mol. The molecule has 1 atom stereocenters. The van der Waals surface area contributed by atoms with Crippen molar-refractivity contribution in [1.29, 1.82) is 0 Å². The highest BCUT2D eigenvalue weighted by molar-refractivity contribution is 5.75. The summed E-state index contributed by atoms with van der Waals surface area (Å²) in [5, 5.41) is 12.2. The van der Waals surface area contributed by atoms with Gasteiger partial charge >= 0.3 is 0 Å². The second kappa shape index (κ2) is 6.60. The molecule has 0 bridgehead atoms. The molecule has 0 unspecified atom stereocenters. The summed E-state index contributed by atoms with van der Waals surface area (Å²) in [4.78, 5) is 27.6. The Kier molecular flexibility index (Phi) is 4.53. The maximum atomic E-state index is 13.0. The lowest BCUT2D eigenvalue weighted by Crippen LogP contribution is -2.51. The summed E-state index contributed by atoms with van der Waals surface area (Å²) < 4.78 is 13.0. The zero-order valence-electron chi connectivity index (χ0n) is 13.5. The maximum Gasteiger partial charge on any atom is 0.253 e. The number of piperazine rings is 1. The van der Waals surface area contributed by atoms with Gasteiger partial charge in [0.1, 0.15) is 17.2 Å². The molecule has 2 aromatic rings. The van der Waals surface area contributed by atoms with E-state index in [2.05, 4.69) is 10.2 Å². The largest absolute Gasteiger partial charge is 0.392 e. The summed E-state index contributed by atoms with van der Waals surface area (Å²) in [7, 11) is 0. The molecule has 1 aliphatic rings. The van der Waals surface area contributed by atoms with Crippen molar-refractivity contribution < 1.29 is 9.50 Å². The first-order chi connectivity index (χ1) is 11.5. The third kappa shape index (κ3) is 3.12. The molecule has 2 N–H and O–H groups in total. The Labute approximate surface area is 138 Å². The first-order valence-corrected chi connectivity index (χ1v) is 7.98. The quantitative estimate of drug-likeness (QED) is 0.778. The molecule has 1 aliphatic heterocycles. The second-order valence-corrected chi connectivity index (χ2v) is 6.06. The van der Waals surface area contributed by atoms with Crippen LogP contribution >= 0.6 is 0 Å². The summed E-state index contributed by atoms with van der Waals surface area (Å²) in [6, 6.07) is 6.32. The Morgan fingerprint density at radius 1 is 1.08 bits per heavy atom. The fraction of sp³-hybridized carbons (Fsp3) is 0.412. The monoisotopic (exact) mass is 333 g/mol. The lowest BCUT2D eigenvalue weighted by Gasteiger charge is -2.38. The lowest BCUT2D eigenvalue weighted by atomic mass is 10.1. The smallest absolute Gasteiger partial charge is 0.253 e. The SMILES string of the molecule is C[C@@H](O)CNc1c(N2CCN(c3ccc(F)cc3)CC2)c(=O)c1=O. The first kappa shape index (κ1) is 16.4. The Morgan fingerprint density at radius 2 is 1.67 bits per heavy atom. The molecular formula is C17H20FN3O3. The number of nitrogens with one attached hydrogen (secondary N) is 1. The second-order valence-electron chi connectivity index (χ2n) is 6.06. The molecule has 1 saturated heterocycles. The Balaban J connectivity index is 1.67. The van der Waals surface area contributed by atoms with Crippen LogP contribution in [0.15, 0.2) is 33.9 Å². The van der Waals surface area contributed by atoms with Gasteiger partial charge in [0.2, 0.25) is 0 Å². The van der Waals surface area contributed by atoms with Gasteiger partial charge in [-0.05, 0) is 31.2 Å². The van der Waals surface area contributed by atoms with Crippen LogP contribution in [0, 0.1) is 5.82 Å². The van der Waals surface area contributed by atoms with Crippen LogP contribution in [-0.4, -0.2) is 43.9 Å². The molecule has 0 radical (unpaired) electrons. The molecule has 2 aromatic carbocycles. The average Bonchev–Trinajstić information content (AvgIpc) is 2.58. The highest BCUT2D eigenvalue weighted by Gasteiger charge is 2.28. The number of rotatable bonds is 5. The molecule has 3 rings (SSSR count). The van der Waals surface area contributed by atoms with E-state index >= 15 is 0 Å². The van der Waals surface area contributed by atoms with Crippen LogP contribution in [0.1, 0.15) is 6.92 Å². The van der Waals surface area contributed by atoms with Crippen LogP contribution in [0.4, 0.5) is 21.5 Å². The molecule has 0 amide bonds. The number of nitrogens with zero attached hydrogens (tertiary/aromatic N) is 2. The zero-order chi connectivity index (χ0) is 17.3. The van der Waals surface area contributed by atoms with Gasteiger partial charge in [0.05, 0.1) is 6.10 Å². The van der Waals surface area contributed by atoms with Gasteiger partial charge in [-0.15, -0.1) is 0 Å². The number of benzene rings is 1. The standard InChI is InChI=1S/C17H20FN3O3/c1-11(22)10-19-14-15(17(24)16(14)23)21-8-6-20(7-9-21)13-4-2-12(18)3-5-13/h2-5,11,19,22H,6-10H2,1H3/t11-/m1/s1. The summed E-state index contributed by atoms with van der Waals surface area (Å²) in [5.41, 5.74) is 0.661. The van der Waals surface area contributed by atoms with E-state index in [1.54, 1.807) is 19.1 Å². The molecule has 7 heteroatoms. The van der Waals surface area contributed by atoms with E-state index < -0.39 is 17.0 Å². The number of halogens is 1. The van der Waals surface area contributed by atoms with Gasteiger partial charge in [-0.1, -0.05) is 0 Å². The normalized spacial score (nSPS) is 16.5. The minimum absolute atomic E-state index is 0.230. The van der Waals surface area contributed by atoms with Crippen LogP contribution in [0.5, 0.6) is 0 Å². The number of hydrogen-bond acceptors (Lipinski definition) is 6. The summed E-state index contributed by atoms with van der Waals surface area (Å²) in [6.07, 6.45) is -0.599. The van der Waals surface area contributed by atoms with Crippen LogP contribution in [0.3, 0.4) is 0 Å². The van der Waals surface area contributed by atoms with E-state index in [0.717, 1.165) is 5.69 Å². The lowest BCUT2D eigenvalue weighted by molar-refractivity contribution is 0.208. The summed E-state index contributed by atoms with van der Waals surface area (Å²) >= 11 is 0. The van der Waals surface area contributed by atoms with E-state index in [4.69, 9.17) is 0 Å². The van der Waals surface area contributed by atoms with Gasteiger partial charge in [0.15, 0.2) is 0 Å². The van der Waals surface area contributed by atoms with Crippen LogP contribution in [0.25, 0.3) is 0 Å². The topological polar surface area (TPSA) is 72.9 Å². The Bertz CT molecular complexity index is 773. The van der Waals surface area contributed by atoms with Crippen molar-refractivity contribution in [2.24, 2.45) is 0 Å². The Hall–Kier alpha value is -2.41. The molecule has 128 valence electrons. The number of aliphatic hydroxyl groups excluding tert-OH is 1. The molecule has 0 spiro atoms. The molecule has 6 nitrogen and oxygen atoms in total. The van der Waals surface area contributed by atoms with Gasteiger partial charge in [-0.25, -0.2) is 4.39 Å². The van der Waals surface area contributed by atoms with Gasteiger partial charge in [0, 0.05) is 38.4 Å². The molecule has 0 aromatic heterocycles. The molecule has 0 saturated carbocycles. The molecule has 1 heterocycles. The number of anilines is 3. The first-order valence-electron chi connectivity index (χ1n) is 7.98. The predicted octanol–water partition coefficient (Wildman–Crippen LogP) is 0.541. The van der Waals surface area contributed by atoms with Crippen molar-refractivity contribution in [2.75, 3.05) is 47.8 Å². The fourth-order valence-electron chi connectivity index (χ4n) is 2.94. The van der Waals surface area contributed by atoms with Gasteiger partial charge in [-0.3, -0.25) is 9.59 Å². The van der Waals surface area contributed by atoms with Crippen LogP contribution in [0.2, 0.25) is 0 Å². The molecule has 1 fully saturated rings. The molecular weight excluding hydrogens is 313 g/mol. The minimum atomic E-state index is -0.599. The van der Waals surface area contributed by atoms with Crippen molar-refractivity contribution in [2.45, 2.75) is 13.0 Å².